The summed E-state index contributed by atoms with van der Waals surface area (Å²) in [6, 6.07) is -0.384. The van der Waals surface area contributed by atoms with Crippen molar-refractivity contribution in [3.8, 4) is 0 Å². The molecule has 0 saturated heterocycles. The number of ketones is 1. The molecule has 0 bridgehead atoms. The number of hydrogen-bond acceptors (Lipinski definition) is 5. The van der Waals surface area contributed by atoms with Gasteiger partial charge in [-0.2, -0.15) is 0 Å². The SMILES string of the molecule is C.CC(C)(C)C[C@@H](CCC(=O)O)C(=O)NCCCC(=O)[C@H](CN)NC(C)(C)C. The van der Waals surface area contributed by atoms with Gasteiger partial charge in [-0.25, -0.2) is 0 Å². The van der Waals surface area contributed by atoms with E-state index in [9.17, 15) is 14.4 Å². The molecule has 0 rings (SSSR count). The first-order chi connectivity index (χ1) is 12.2. The Morgan fingerprint density at radius 1 is 1.04 bits per heavy atom. The molecule has 0 aromatic rings. The third-order valence-corrected chi connectivity index (χ3v) is 4.07. The third kappa shape index (κ3) is 14.6. The van der Waals surface area contributed by atoms with Gasteiger partial charge in [-0.3, -0.25) is 14.4 Å². The number of carbonyl (C=O) groups is 3. The first kappa shape index (κ1) is 28.7. The van der Waals surface area contributed by atoms with Crippen LogP contribution in [0.25, 0.3) is 0 Å². The lowest BCUT2D eigenvalue weighted by atomic mass is 9.82. The van der Waals surface area contributed by atoms with Crippen molar-refractivity contribution in [3.63, 3.8) is 0 Å². The Morgan fingerprint density at radius 2 is 1.61 bits per heavy atom. The molecular formula is C21H43N3O4. The standard InChI is InChI=1S/C20H39N3O4.CH4/c1-19(2,3)12-14(9-10-17(25)26)18(27)22-11-7-8-16(24)15(13-21)23-20(4,5)6;/h14-15,23H,7-13,21H2,1-6H3,(H,22,27)(H,25,26);1H4/t14-,15+;/m1./s1. The summed E-state index contributed by atoms with van der Waals surface area (Å²) in [6.45, 7) is 12.7. The second-order valence-corrected chi connectivity index (χ2v) is 9.44. The Labute approximate surface area is 171 Å². The molecule has 0 saturated carbocycles. The summed E-state index contributed by atoms with van der Waals surface area (Å²) in [5.41, 5.74) is 5.43. The lowest BCUT2D eigenvalue weighted by Gasteiger charge is -2.27. The molecule has 0 aliphatic rings. The number of aliphatic carboxylic acids is 1. The third-order valence-electron chi connectivity index (χ3n) is 4.07. The van der Waals surface area contributed by atoms with E-state index in [2.05, 4.69) is 10.6 Å². The maximum absolute atomic E-state index is 12.4. The summed E-state index contributed by atoms with van der Waals surface area (Å²) in [5.74, 6) is -1.33. The fraction of sp³-hybridized carbons (Fsp3) is 0.857. The number of hydrogen-bond donors (Lipinski definition) is 4. The Kier molecular flexibility index (Phi) is 13.2. The van der Waals surface area contributed by atoms with Gasteiger partial charge in [0.25, 0.3) is 0 Å². The Balaban J connectivity index is 0. The summed E-state index contributed by atoms with van der Waals surface area (Å²) in [7, 11) is 0. The lowest BCUT2D eigenvalue weighted by molar-refractivity contribution is -0.137. The van der Waals surface area contributed by atoms with E-state index in [0.717, 1.165) is 0 Å². The minimum Gasteiger partial charge on any atom is -0.481 e. The van der Waals surface area contributed by atoms with Gasteiger partial charge in [0.05, 0.1) is 6.04 Å². The first-order valence-electron chi connectivity index (χ1n) is 9.75. The zero-order valence-electron chi connectivity index (χ0n) is 17.9. The smallest absolute Gasteiger partial charge is 0.303 e. The molecule has 0 aromatic heterocycles. The second-order valence-electron chi connectivity index (χ2n) is 9.44. The van der Waals surface area contributed by atoms with Crippen LogP contribution in [0.15, 0.2) is 0 Å². The van der Waals surface area contributed by atoms with Crippen LogP contribution in [-0.4, -0.2) is 47.4 Å². The number of carboxylic acids is 1. The van der Waals surface area contributed by atoms with Gasteiger partial charge in [0.2, 0.25) is 5.91 Å². The van der Waals surface area contributed by atoms with Crippen LogP contribution in [0.5, 0.6) is 0 Å². The average molecular weight is 402 g/mol. The summed E-state index contributed by atoms with van der Waals surface area (Å²) in [6.07, 6.45) is 1.79. The van der Waals surface area contributed by atoms with E-state index < -0.39 is 5.97 Å². The Bertz CT molecular complexity index is 493. The van der Waals surface area contributed by atoms with E-state index in [4.69, 9.17) is 10.8 Å². The minimum absolute atomic E-state index is 0. The van der Waals surface area contributed by atoms with Gasteiger partial charge < -0.3 is 21.5 Å². The van der Waals surface area contributed by atoms with Gasteiger partial charge in [-0.15, -0.1) is 0 Å². The molecule has 0 heterocycles. The van der Waals surface area contributed by atoms with Crippen molar-refractivity contribution >= 4 is 17.7 Å². The van der Waals surface area contributed by atoms with Crippen molar-refractivity contribution < 1.29 is 19.5 Å². The summed E-state index contributed by atoms with van der Waals surface area (Å²) < 4.78 is 0. The molecule has 0 fully saturated rings. The minimum atomic E-state index is -0.897. The number of nitrogens with one attached hydrogen (secondary N) is 2. The number of nitrogens with two attached hydrogens (primary N) is 1. The topological polar surface area (TPSA) is 122 Å². The highest BCUT2D eigenvalue weighted by Crippen LogP contribution is 2.27. The normalized spacial score (nSPS) is 14.0. The van der Waals surface area contributed by atoms with Gasteiger partial charge in [0.1, 0.15) is 0 Å². The molecule has 28 heavy (non-hydrogen) atoms. The van der Waals surface area contributed by atoms with E-state index in [0.29, 0.717) is 32.2 Å². The number of Topliss-reactive ketones (excluding diaryl/α,β-unsaturated/α-hetero) is 1. The summed E-state index contributed by atoms with van der Waals surface area (Å²) in [4.78, 5) is 35.5. The van der Waals surface area contributed by atoms with E-state index in [-0.39, 0.29) is 55.0 Å². The van der Waals surface area contributed by atoms with E-state index in [1.54, 1.807) is 0 Å². The van der Waals surface area contributed by atoms with Crippen molar-refractivity contribution in [2.24, 2.45) is 17.1 Å². The zero-order chi connectivity index (χ0) is 21.3. The number of carboxylic acid groups (broad SMARTS) is 1. The summed E-state index contributed by atoms with van der Waals surface area (Å²) in [5, 5.41) is 15.0. The fourth-order valence-electron chi connectivity index (χ4n) is 2.95. The predicted molar refractivity (Wildman–Crippen MR) is 114 cm³/mol. The molecule has 166 valence electrons. The van der Waals surface area contributed by atoms with Crippen molar-refractivity contribution in [2.75, 3.05) is 13.1 Å². The maximum Gasteiger partial charge on any atom is 0.303 e. The Hall–Kier alpha value is -1.47. The van der Waals surface area contributed by atoms with E-state index in [1.807, 2.05) is 41.5 Å². The second kappa shape index (κ2) is 12.9. The van der Waals surface area contributed by atoms with Crippen LogP contribution >= 0.6 is 0 Å². The zero-order valence-corrected chi connectivity index (χ0v) is 17.9. The highest BCUT2D eigenvalue weighted by molar-refractivity contribution is 5.84. The molecule has 0 unspecified atom stereocenters. The van der Waals surface area contributed by atoms with Gasteiger partial charge in [-0.1, -0.05) is 28.2 Å². The first-order valence-corrected chi connectivity index (χ1v) is 9.75. The monoisotopic (exact) mass is 401 g/mol. The molecule has 0 radical (unpaired) electrons. The highest BCUT2D eigenvalue weighted by Gasteiger charge is 2.26. The molecule has 5 N–H and O–H groups in total. The van der Waals surface area contributed by atoms with Crippen LogP contribution in [0.1, 0.15) is 81.1 Å². The van der Waals surface area contributed by atoms with Gasteiger partial charge in [0, 0.05) is 37.4 Å². The Morgan fingerprint density at radius 3 is 2.04 bits per heavy atom. The molecule has 7 nitrogen and oxygen atoms in total. The van der Waals surface area contributed by atoms with Crippen molar-refractivity contribution in [2.45, 2.75) is 92.7 Å². The molecule has 0 aliphatic carbocycles. The van der Waals surface area contributed by atoms with Crippen LogP contribution in [-0.2, 0) is 14.4 Å². The van der Waals surface area contributed by atoms with Crippen LogP contribution in [0, 0.1) is 11.3 Å². The van der Waals surface area contributed by atoms with Gasteiger partial charge in [-0.05, 0) is 45.4 Å². The molecule has 7 heteroatoms. The average Bonchev–Trinajstić information content (AvgIpc) is 2.50. The molecular weight excluding hydrogens is 358 g/mol. The van der Waals surface area contributed by atoms with Gasteiger partial charge in [0.15, 0.2) is 5.78 Å². The molecule has 0 aromatic carbocycles. The van der Waals surface area contributed by atoms with Crippen LogP contribution < -0.4 is 16.4 Å². The molecule has 2 atom stereocenters. The predicted octanol–water partition coefficient (Wildman–Crippen LogP) is 2.72. The van der Waals surface area contributed by atoms with Crippen LogP contribution in [0.4, 0.5) is 0 Å². The van der Waals surface area contributed by atoms with Gasteiger partial charge >= 0.3 is 5.97 Å². The van der Waals surface area contributed by atoms with Crippen molar-refractivity contribution in [1.82, 2.24) is 10.6 Å². The largest absolute Gasteiger partial charge is 0.481 e. The highest BCUT2D eigenvalue weighted by atomic mass is 16.4. The molecule has 0 aliphatic heterocycles. The number of carbonyl (C=O) groups excluding carboxylic acids is 2. The number of amides is 1. The maximum atomic E-state index is 12.4. The molecule has 0 spiro atoms. The quantitative estimate of drug-likeness (QED) is 0.373. The van der Waals surface area contributed by atoms with Crippen molar-refractivity contribution in [3.05, 3.63) is 0 Å². The van der Waals surface area contributed by atoms with Crippen molar-refractivity contribution in [1.29, 1.82) is 0 Å². The number of rotatable bonds is 12. The van der Waals surface area contributed by atoms with E-state index >= 15 is 0 Å². The van der Waals surface area contributed by atoms with Crippen LogP contribution in [0.2, 0.25) is 0 Å². The summed E-state index contributed by atoms with van der Waals surface area (Å²) >= 11 is 0. The fourth-order valence-corrected chi connectivity index (χ4v) is 2.95. The van der Waals surface area contributed by atoms with E-state index in [1.165, 1.54) is 0 Å². The lowest BCUT2D eigenvalue weighted by Crippen LogP contribution is -2.51. The molecule has 1 amide bonds. The van der Waals surface area contributed by atoms with Crippen LogP contribution in [0.3, 0.4) is 0 Å².